The topological polar surface area (TPSA) is 46.9 Å². The molecule has 1 heterocycles. The van der Waals surface area contributed by atoms with Crippen LogP contribution in [0, 0.1) is 0 Å². The summed E-state index contributed by atoms with van der Waals surface area (Å²) >= 11 is 1.54. The second-order valence-electron chi connectivity index (χ2n) is 7.13. The van der Waals surface area contributed by atoms with Crippen LogP contribution in [0.4, 0.5) is 0 Å². The number of carbonyl (C=O) groups is 1. The zero-order valence-electron chi connectivity index (χ0n) is 16.1. The highest BCUT2D eigenvalue weighted by atomic mass is 32.2. The number of carbonyl (C=O) groups excluding carboxylic acids is 1. The maximum Gasteiger partial charge on any atom is 0.233 e. The number of thioether (sulfide) groups is 1. The van der Waals surface area contributed by atoms with Crippen LogP contribution in [0.25, 0.3) is 5.69 Å². The average Bonchev–Trinajstić information content (AvgIpc) is 3.11. The molecule has 1 N–H and O–H groups in total. The predicted molar refractivity (Wildman–Crippen MR) is 114 cm³/mol. The number of rotatable bonds is 6. The lowest BCUT2D eigenvalue weighted by molar-refractivity contribution is -0.120. The minimum absolute atomic E-state index is 0.0365. The first kappa shape index (κ1) is 18.8. The van der Waals surface area contributed by atoms with E-state index in [-0.39, 0.29) is 11.2 Å². The first-order valence-corrected chi connectivity index (χ1v) is 10.7. The SMILES string of the molecule is CC(Sc1nc2c(n1-c1ccccc1)CCCC2)C(=O)NCc1ccccc1. The van der Waals surface area contributed by atoms with E-state index < -0.39 is 0 Å². The van der Waals surface area contributed by atoms with Crippen molar-refractivity contribution in [3.05, 3.63) is 77.6 Å². The smallest absolute Gasteiger partial charge is 0.233 e. The van der Waals surface area contributed by atoms with Gasteiger partial charge in [-0.25, -0.2) is 4.98 Å². The number of hydrogen-bond acceptors (Lipinski definition) is 3. The monoisotopic (exact) mass is 391 g/mol. The Hall–Kier alpha value is -2.53. The molecular weight excluding hydrogens is 366 g/mol. The number of imidazole rings is 1. The lowest BCUT2D eigenvalue weighted by Crippen LogP contribution is -2.30. The number of para-hydroxylation sites is 1. The summed E-state index contributed by atoms with van der Waals surface area (Å²) in [5, 5.41) is 3.75. The molecule has 1 aromatic heterocycles. The van der Waals surface area contributed by atoms with E-state index in [0.717, 1.165) is 29.2 Å². The molecule has 5 heteroatoms. The van der Waals surface area contributed by atoms with Crippen molar-refractivity contribution in [3.8, 4) is 5.69 Å². The number of nitrogens with one attached hydrogen (secondary N) is 1. The molecule has 0 spiro atoms. The Balaban J connectivity index is 1.52. The lowest BCUT2D eigenvalue weighted by atomic mass is 10.0. The van der Waals surface area contributed by atoms with Gasteiger partial charge in [-0.3, -0.25) is 9.36 Å². The van der Waals surface area contributed by atoms with Gasteiger partial charge in [0, 0.05) is 17.9 Å². The van der Waals surface area contributed by atoms with Crippen LogP contribution in [-0.4, -0.2) is 20.7 Å². The highest BCUT2D eigenvalue weighted by Crippen LogP contribution is 2.32. The van der Waals surface area contributed by atoms with Crippen molar-refractivity contribution in [2.45, 2.75) is 49.6 Å². The van der Waals surface area contributed by atoms with Crippen molar-refractivity contribution in [1.29, 1.82) is 0 Å². The van der Waals surface area contributed by atoms with Crippen LogP contribution in [0.5, 0.6) is 0 Å². The highest BCUT2D eigenvalue weighted by molar-refractivity contribution is 8.00. The summed E-state index contributed by atoms with van der Waals surface area (Å²) in [6.45, 7) is 2.50. The van der Waals surface area contributed by atoms with Crippen LogP contribution in [-0.2, 0) is 24.2 Å². The fraction of sp³-hybridized carbons (Fsp3) is 0.304. The molecule has 4 rings (SSSR count). The molecule has 0 fully saturated rings. The van der Waals surface area contributed by atoms with Gasteiger partial charge in [0.25, 0.3) is 0 Å². The number of benzene rings is 2. The van der Waals surface area contributed by atoms with Gasteiger partial charge < -0.3 is 5.32 Å². The first-order chi connectivity index (χ1) is 13.7. The van der Waals surface area contributed by atoms with Gasteiger partial charge in [0.15, 0.2) is 5.16 Å². The van der Waals surface area contributed by atoms with Gasteiger partial charge in [-0.05, 0) is 50.3 Å². The third kappa shape index (κ3) is 4.14. The van der Waals surface area contributed by atoms with Crippen molar-refractivity contribution >= 4 is 17.7 Å². The molecule has 1 unspecified atom stereocenters. The molecule has 1 aliphatic rings. The number of amides is 1. The minimum atomic E-state index is -0.213. The summed E-state index contributed by atoms with van der Waals surface area (Å²) in [7, 11) is 0. The van der Waals surface area contributed by atoms with Crippen LogP contribution in [0.2, 0.25) is 0 Å². The van der Waals surface area contributed by atoms with Crippen LogP contribution in [0.15, 0.2) is 65.8 Å². The molecule has 144 valence electrons. The Morgan fingerprint density at radius 3 is 2.50 bits per heavy atom. The fourth-order valence-electron chi connectivity index (χ4n) is 3.58. The molecule has 0 aliphatic heterocycles. The van der Waals surface area contributed by atoms with Crippen LogP contribution in [0.3, 0.4) is 0 Å². The van der Waals surface area contributed by atoms with Crippen molar-refractivity contribution in [3.63, 3.8) is 0 Å². The minimum Gasteiger partial charge on any atom is -0.351 e. The van der Waals surface area contributed by atoms with Crippen molar-refractivity contribution in [2.24, 2.45) is 0 Å². The van der Waals surface area contributed by atoms with E-state index in [9.17, 15) is 4.79 Å². The van der Waals surface area contributed by atoms with Crippen molar-refractivity contribution in [2.75, 3.05) is 0 Å². The second kappa shape index (κ2) is 8.65. The third-order valence-electron chi connectivity index (χ3n) is 5.08. The first-order valence-electron chi connectivity index (χ1n) is 9.86. The molecule has 3 aromatic rings. The van der Waals surface area contributed by atoms with E-state index >= 15 is 0 Å². The Morgan fingerprint density at radius 1 is 1.07 bits per heavy atom. The van der Waals surface area contributed by atoms with Gasteiger partial charge in [0.1, 0.15) is 0 Å². The summed E-state index contributed by atoms with van der Waals surface area (Å²) in [6, 6.07) is 20.4. The van der Waals surface area contributed by atoms with E-state index in [0.29, 0.717) is 6.54 Å². The van der Waals surface area contributed by atoms with Gasteiger partial charge in [-0.1, -0.05) is 60.3 Å². The zero-order valence-corrected chi connectivity index (χ0v) is 16.9. The largest absolute Gasteiger partial charge is 0.351 e. The summed E-state index contributed by atoms with van der Waals surface area (Å²) < 4.78 is 2.25. The molecule has 0 bridgehead atoms. The van der Waals surface area contributed by atoms with E-state index in [1.54, 1.807) is 11.8 Å². The molecule has 1 aliphatic carbocycles. The Kier molecular flexibility index (Phi) is 5.81. The molecule has 1 amide bonds. The summed E-state index contributed by atoms with van der Waals surface area (Å²) in [6.07, 6.45) is 4.46. The molecule has 1 atom stereocenters. The van der Waals surface area contributed by atoms with Gasteiger partial charge >= 0.3 is 0 Å². The summed E-state index contributed by atoms with van der Waals surface area (Å²) in [5.41, 5.74) is 4.72. The highest BCUT2D eigenvalue weighted by Gasteiger charge is 2.24. The van der Waals surface area contributed by atoms with Crippen LogP contribution in [0.1, 0.15) is 36.7 Å². The maximum atomic E-state index is 12.6. The van der Waals surface area contributed by atoms with Crippen molar-refractivity contribution in [1.82, 2.24) is 14.9 Å². The number of aryl methyl sites for hydroxylation is 1. The Labute approximate surface area is 170 Å². The Bertz CT molecular complexity index is 937. The quantitative estimate of drug-likeness (QED) is 0.627. The lowest BCUT2D eigenvalue weighted by Gasteiger charge is -2.16. The van der Waals surface area contributed by atoms with Gasteiger partial charge in [-0.2, -0.15) is 0 Å². The summed E-state index contributed by atoms with van der Waals surface area (Å²) in [4.78, 5) is 17.6. The number of hydrogen-bond donors (Lipinski definition) is 1. The average molecular weight is 392 g/mol. The zero-order chi connectivity index (χ0) is 19.3. The van der Waals surface area contributed by atoms with Crippen LogP contribution >= 0.6 is 11.8 Å². The number of fused-ring (bicyclic) bond motifs is 1. The number of nitrogens with zero attached hydrogens (tertiary/aromatic N) is 2. The molecular formula is C23H25N3OS. The van der Waals surface area contributed by atoms with E-state index in [2.05, 4.69) is 34.1 Å². The molecule has 2 aromatic carbocycles. The maximum absolute atomic E-state index is 12.6. The molecule has 28 heavy (non-hydrogen) atoms. The van der Waals surface area contributed by atoms with Crippen LogP contribution < -0.4 is 5.32 Å². The normalized spacial score (nSPS) is 14.3. The van der Waals surface area contributed by atoms with Gasteiger partial charge in [-0.15, -0.1) is 0 Å². The standard InChI is InChI=1S/C23H25N3OS/c1-17(22(27)24-16-18-10-4-2-5-11-18)28-23-25-20-14-8-9-15-21(20)26(23)19-12-6-3-7-13-19/h2-7,10-13,17H,8-9,14-16H2,1H3,(H,24,27). The predicted octanol–water partition coefficient (Wildman–Crippen LogP) is 4.55. The van der Waals surface area contributed by atoms with E-state index in [4.69, 9.17) is 4.98 Å². The van der Waals surface area contributed by atoms with Gasteiger partial charge in [0.2, 0.25) is 5.91 Å². The molecule has 0 saturated carbocycles. The fourth-order valence-corrected chi connectivity index (χ4v) is 4.57. The Morgan fingerprint density at radius 2 is 1.75 bits per heavy atom. The molecule has 4 nitrogen and oxygen atoms in total. The number of aromatic nitrogens is 2. The second-order valence-corrected chi connectivity index (χ2v) is 8.44. The van der Waals surface area contributed by atoms with Gasteiger partial charge in [0.05, 0.1) is 10.9 Å². The third-order valence-corrected chi connectivity index (χ3v) is 6.13. The molecule has 0 saturated heterocycles. The molecule has 0 radical (unpaired) electrons. The van der Waals surface area contributed by atoms with E-state index in [1.165, 1.54) is 24.2 Å². The van der Waals surface area contributed by atoms with Crippen molar-refractivity contribution < 1.29 is 4.79 Å². The van der Waals surface area contributed by atoms with E-state index in [1.807, 2.05) is 43.3 Å². The summed E-state index contributed by atoms with van der Waals surface area (Å²) in [5.74, 6) is 0.0365.